The van der Waals surface area contributed by atoms with Crippen LogP contribution < -0.4 is 5.32 Å². The maximum Gasteiger partial charge on any atom is 0.224 e. The van der Waals surface area contributed by atoms with Crippen LogP contribution in [0.4, 0.5) is 0 Å². The van der Waals surface area contributed by atoms with Gasteiger partial charge in [-0.15, -0.1) is 0 Å². The van der Waals surface area contributed by atoms with E-state index in [1.54, 1.807) is 0 Å². The van der Waals surface area contributed by atoms with E-state index in [1.165, 1.54) is 0 Å². The number of hydrogen-bond donors (Lipinski definition) is 1. The van der Waals surface area contributed by atoms with Gasteiger partial charge in [0.2, 0.25) is 5.91 Å². The molecule has 96 valence electrons. The van der Waals surface area contributed by atoms with Crippen molar-refractivity contribution in [3.8, 4) is 6.07 Å². The first-order chi connectivity index (χ1) is 7.90. The van der Waals surface area contributed by atoms with Gasteiger partial charge in [-0.25, -0.2) is 0 Å². The molecule has 1 amide bonds. The Kier molecular flexibility index (Phi) is 4.56. The third kappa shape index (κ3) is 3.46. The van der Waals surface area contributed by atoms with Gasteiger partial charge in [-0.2, -0.15) is 5.26 Å². The smallest absolute Gasteiger partial charge is 0.224 e. The van der Waals surface area contributed by atoms with Crippen LogP contribution in [-0.4, -0.2) is 11.4 Å². The zero-order valence-corrected chi connectivity index (χ0v) is 11.4. The summed E-state index contributed by atoms with van der Waals surface area (Å²) in [7, 11) is 0. The van der Waals surface area contributed by atoms with Crippen LogP contribution in [-0.2, 0) is 4.79 Å². The van der Waals surface area contributed by atoms with E-state index in [0.717, 1.165) is 25.7 Å². The Morgan fingerprint density at radius 1 is 1.35 bits per heavy atom. The number of carbonyl (C=O) groups excluding carboxylic acids is 1. The summed E-state index contributed by atoms with van der Waals surface area (Å²) in [6, 6.07) is 2.33. The van der Waals surface area contributed by atoms with Crippen LogP contribution in [0.1, 0.15) is 53.4 Å². The zero-order chi connectivity index (χ0) is 13.1. The maximum absolute atomic E-state index is 12.0. The first-order valence-corrected chi connectivity index (χ1v) is 6.63. The normalized spacial score (nSPS) is 30.7. The molecule has 1 fully saturated rings. The van der Waals surface area contributed by atoms with Gasteiger partial charge in [0.1, 0.15) is 5.54 Å². The fourth-order valence-electron chi connectivity index (χ4n) is 2.17. The van der Waals surface area contributed by atoms with Crippen molar-refractivity contribution in [3.63, 3.8) is 0 Å². The molecule has 0 aromatic rings. The molecule has 1 aliphatic carbocycles. The van der Waals surface area contributed by atoms with Crippen LogP contribution >= 0.6 is 0 Å². The lowest BCUT2D eigenvalue weighted by Crippen LogP contribution is -2.51. The lowest BCUT2D eigenvalue weighted by molar-refractivity contribution is -0.127. The van der Waals surface area contributed by atoms with Gasteiger partial charge >= 0.3 is 0 Å². The van der Waals surface area contributed by atoms with Crippen molar-refractivity contribution in [2.45, 2.75) is 58.9 Å². The Balaban J connectivity index is 2.64. The molecular weight excluding hydrogens is 212 g/mol. The predicted octanol–water partition coefficient (Wildman–Crippen LogP) is 2.87. The third-order valence-electron chi connectivity index (χ3n) is 4.12. The highest BCUT2D eigenvalue weighted by Crippen LogP contribution is 2.31. The fourth-order valence-corrected chi connectivity index (χ4v) is 2.17. The summed E-state index contributed by atoms with van der Waals surface area (Å²) in [6.45, 7) is 8.20. The molecule has 3 heteroatoms. The Morgan fingerprint density at radius 3 is 2.29 bits per heavy atom. The van der Waals surface area contributed by atoms with E-state index < -0.39 is 5.54 Å². The first kappa shape index (κ1) is 14.0. The monoisotopic (exact) mass is 236 g/mol. The van der Waals surface area contributed by atoms with Crippen molar-refractivity contribution in [1.29, 1.82) is 5.26 Å². The molecule has 1 N–H and O–H groups in total. The number of amides is 1. The highest BCUT2D eigenvalue weighted by atomic mass is 16.2. The predicted molar refractivity (Wildman–Crippen MR) is 68.1 cm³/mol. The van der Waals surface area contributed by atoms with Crippen molar-refractivity contribution < 1.29 is 4.79 Å². The zero-order valence-electron chi connectivity index (χ0n) is 11.4. The third-order valence-corrected chi connectivity index (χ3v) is 4.12. The lowest BCUT2D eigenvalue weighted by atomic mass is 9.77. The van der Waals surface area contributed by atoms with Crippen LogP contribution in [0, 0.1) is 29.1 Å². The molecule has 1 rings (SSSR count). The summed E-state index contributed by atoms with van der Waals surface area (Å²) >= 11 is 0. The topological polar surface area (TPSA) is 52.9 Å². The second-order valence-electron chi connectivity index (χ2n) is 5.90. The van der Waals surface area contributed by atoms with E-state index in [9.17, 15) is 10.1 Å². The van der Waals surface area contributed by atoms with Crippen molar-refractivity contribution in [2.24, 2.45) is 17.8 Å². The van der Waals surface area contributed by atoms with Gasteiger partial charge in [-0.3, -0.25) is 4.79 Å². The first-order valence-electron chi connectivity index (χ1n) is 6.63. The number of hydrogen-bond acceptors (Lipinski definition) is 2. The Hall–Kier alpha value is -1.04. The van der Waals surface area contributed by atoms with Crippen molar-refractivity contribution in [3.05, 3.63) is 0 Å². The summed E-state index contributed by atoms with van der Waals surface area (Å²) in [4.78, 5) is 12.0. The minimum absolute atomic E-state index is 0.0242. The summed E-state index contributed by atoms with van der Waals surface area (Å²) < 4.78 is 0. The molecule has 0 aliphatic heterocycles. The molecular formula is C14H24N2O. The van der Waals surface area contributed by atoms with Gasteiger partial charge in [0.25, 0.3) is 0 Å². The van der Waals surface area contributed by atoms with E-state index in [2.05, 4.69) is 18.3 Å². The SMILES string of the molecule is CC1CCC(C#N)(NC(=O)C(C)C(C)C)CC1. The molecule has 0 radical (unpaired) electrons. The molecule has 1 atom stereocenters. The number of nitriles is 1. The quantitative estimate of drug-likeness (QED) is 0.819. The molecule has 0 saturated heterocycles. The standard InChI is InChI=1S/C14H24N2O/c1-10(2)12(4)13(17)16-14(9-15)7-5-11(3)6-8-14/h10-12H,5-8H2,1-4H3,(H,16,17). The van der Waals surface area contributed by atoms with Crippen LogP contribution in [0.25, 0.3) is 0 Å². The maximum atomic E-state index is 12.0. The summed E-state index contributed by atoms with van der Waals surface area (Å²) in [6.07, 6.45) is 3.65. The Morgan fingerprint density at radius 2 is 1.88 bits per heavy atom. The molecule has 1 saturated carbocycles. The second kappa shape index (κ2) is 5.53. The lowest BCUT2D eigenvalue weighted by Gasteiger charge is -2.35. The molecule has 1 unspecified atom stereocenters. The number of nitrogens with zero attached hydrogens (tertiary/aromatic N) is 1. The summed E-state index contributed by atoms with van der Waals surface area (Å²) in [5, 5.41) is 12.3. The van der Waals surface area contributed by atoms with Crippen molar-refractivity contribution >= 4 is 5.91 Å². The largest absolute Gasteiger partial charge is 0.338 e. The Bertz CT molecular complexity index is 309. The number of rotatable bonds is 3. The van der Waals surface area contributed by atoms with Crippen molar-refractivity contribution in [2.75, 3.05) is 0 Å². The molecule has 0 aromatic carbocycles. The second-order valence-corrected chi connectivity index (χ2v) is 5.90. The van der Waals surface area contributed by atoms with Gasteiger partial charge in [-0.05, 0) is 37.5 Å². The van der Waals surface area contributed by atoms with E-state index in [-0.39, 0.29) is 11.8 Å². The fraction of sp³-hybridized carbons (Fsp3) is 0.857. The van der Waals surface area contributed by atoms with Gasteiger partial charge < -0.3 is 5.32 Å². The van der Waals surface area contributed by atoms with Gasteiger partial charge in [0.15, 0.2) is 0 Å². The van der Waals surface area contributed by atoms with Gasteiger partial charge in [0.05, 0.1) is 6.07 Å². The molecule has 0 spiro atoms. The van der Waals surface area contributed by atoms with E-state index in [1.807, 2.05) is 20.8 Å². The highest BCUT2D eigenvalue weighted by Gasteiger charge is 2.36. The number of carbonyl (C=O) groups is 1. The van der Waals surface area contributed by atoms with E-state index in [0.29, 0.717) is 11.8 Å². The van der Waals surface area contributed by atoms with E-state index >= 15 is 0 Å². The molecule has 1 aliphatic rings. The van der Waals surface area contributed by atoms with Gasteiger partial charge in [-0.1, -0.05) is 27.7 Å². The molecule has 3 nitrogen and oxygen atoms in total. The summed E-state index contributed by atoms with van der Waals surface area (Å²) in [5.74, 6) is 0.986. The van der Waals surface area contributed by atoms with Crippen LogP contribution in [0.5, 0.6) is 0 Å². The highest BCUT2D eigenvalue weighted by molar-refractivity contribution is 5.79. The molecule has 17 heavy (non-hydrogen) atoms. The van der Waals surface area contributed by atoms with Gasteiger partial charge in [0, 0.05) is 5.92 Å². The summed E-state index contributed by atoms with van der Waals surface area (Å²) in [5.41, 5.74) is -0.604. The average molecular weight is 236 g/mol. The molecule has 0 aromatic heterocycles. The van der Waals surface area contributed by atoms with Crippen LogP contribution in [0.2, 0.25) is 0 Å². The Labute approximate surface area is 105 Å². The average Bonchev–Trinajstić information content (AvgIpc) is 2.31. The van der Waals surface area contributed by atoms with E-state index in [4.69, 9.17) is 0 Å². The van der Waals surface area contributed by atoms with Crippen molar-refractivity contribution in [1.82, 2.24) is 5.32 Å². The molecule has 0 bridgehead atoms. The molecule has 0 heterocycles. The minimum atomic E-state index is -0.604. The van der Waals surface area contributed by atoms with Crippen LogP contribution in [0.3, 0.4) is 0 Å². The van der Waals surface area contributed by atoms with Crippen LogP contribution in [0.15, 0.2) is 0 Å². The number of nitrogens with one attached hydrogen (secondary N) is 1. The minimum Gasteiger partial charge on any atom is -0.338 e.